The molecule has 1 heterocycles. The van der Waals surface area contributed by atoms with Crippen LogP contribution in [-0.2, 0) is 17.8 Å². The fourth-order valence-corrected chi connectivity index (χ4v) is 3.69. The van der Waals surface area contributed by atoms with Crippen LogP contribution in [0.5, 0.6) is 0 Å². The highest BCUT2D eigenvalue weighted by atomic mass is 16.6. The van der Waals surface area contributed by atoms with Gasteiger partial charge >= 0.3 is 6.09 Å². The zero-order valence-electron chi connectivity index (χ0n) is 13.9. The van der Waals surface area contributed by atoms with Gasteiger partial charge in [0, 0.05) is 25.7 Å². The van der Waals surface area contributed by atoms with E-state index in [1.54, 1.807) is 0 Å². The molecule has 2 aromatic rings. The molecule has 0 radical (unpaired) electrons. The number of hydrogen-bond donors (Lipinski definition) is 1. The summed E-state index contributed by atoms with van der Waals surface area (Å²) in [4.78, 5) is 14.2. The number of benzene rings is 2. The van der Waals surface area contributed by atoms with Gasteiger partial charge in [-0.3, -0.25) is 0 Å². The molecule has 1 aliphatic carbocycles. The summed E-state index contributed by atoms with van der Waals surface area (Å²) in [6, 6.07) is 15.0. The van der Waals surface area contributed by atoms with Crippen molar-refractivity contribution in [2.75, 3.05) is 19.6 Å². The van der Waals surface area contributed by atoms with Gasteiger partial charge in [-0.25, -0.2) is 4.79 Å². The summed E-state index contributed by atoms with van der Waals surface area (Å²) in [6.45, 7) is 4.75. The lowest BCUT2D eigenvalue weighted by Crippen LogP contribution is -2.52. The Morgan fingerprint density at radius 3 is 2.92 bits per heavy atom. The molecule has 2 aliphatic rings. The van der Waals surface area contributed by atoms with Crippen LogP contribution < -0.4 is 5.32 Å². The average Bonchev–Trinajstić information content (AvgIpc) is 2.99. The van der Waals surface area contributed by atoms with Crippen molar-refractivity contribution >= 4 is 6.09 Å². The summed E-state index contributed by atoms with van der Waals surface area (Å²) in [7, 11) is 0. The van der Waals surface area contributed by atoms with Crippen LogP contribution in [0.25, 0.3) is 11.1 Å². The van der Waals surface area contributed by atoms with Crippen LogP contribution in [0.4, 0.5) is 4.79 Å². The maximum atomic E-state index is 12.4. The van der Waals surface area contributed by atoms with Crippen molar-refractivity contribution in [3.63, 3.8) is 0 Å². The smallest absolute Gasteiger partial charge is 0.410 e. The molecule has 1 fully saturated rings. The van der Waals surface area contributed by atoms with Gasteiger partial charge in [0.2, 0.25) is 0 Å². The van der Waals surface area contributed by atoms with Crippen molar-refractivity contribution in [3.05, 3.63) is 59.2 Å². The molecule has 124 valence electrons. The van der Waals surface area contributed by atoms with Crippen molar-refractivity contribution in [2.45, 2.75) is 26.0 Å². The second-order valence-electron chi connectivity index (χ2n) is 6.58. The first-order valence-electron chi connectivity index (χ1n) is 8.57. The van der Waals surface area contributed by atoms with Crippen LogP contribution in [0, 0.1) is 0 Å². The van der Waals surface area contributed by atoms with Gasteiger partial charge in [0.25, 0.3) is 0 Å². The summed E-state index contributed by atoms with van der Waals surface area (Å²) in [5.41, 5.74) is 6.33. The molecule has 4 nitrogen and oxygen atoms in total. The third-order valence-electron chi connectivity index (χ3n) is 5.03. The van der Waals surface area contributed by atoms with Crippen LogP contribution >= 0.6 is 0 Å². The molecule has 1 saturated heterocycles. The number of rotatable bonds is 2. The van der Waals surface area contributed by atoms with Crippen LogP contribution in [0.1, 0.15) is 23.6 Å². The maximum Gasteiger partial charge on any atom is 0.410 e. The van der Waals surface area contributed by atoms with E-state index in [9.17, 15) is 4.79 Å². The Bertz CT molecular complexity index is 772. The molecule has 0 aromatic heterocycles. The largest absolute Gasteiger partial charge is 0.445 e. The average molecular weight is 322 g/mol. The van der Waals surface area contributed by atoms with E-state index in [1.807, 2.05) is 11.8 Å². The molecule has 0 saturated carbocycles. The quantitative estimate of drug-likeness (QED) is 0.788. The molecule has 0 unspecified atom stereocenters. The molecule has 2 aromatic carbocycles. The van der Waals surface area contributed by atoms with Crippen LogP contribution in [0.15, 0.2) is 42.5 Å². The van der Waals surface area contributed by atoms with Crippen LogP contribution in [-0.4, -0.2) is 36.7 Å². The molecule has 4 rings (SSSR count). The Labute approximate surface area is 142 Å². The third kappa shape index (κ3) is 2.67. The topological polar surface area (TPSA) is 41.6 Å². The first kappa shape index (κ1) is 15.2. The van der Waals surface area contributed by atoms with E-state index in [2.05, 4.69) is 47.8 Å². The minimum atomic E-state index is -0.211. The molecule has 1 N–H and O–H groups in total. The summed E-state index contributed by atoms with van der Waals surface area (Å²) < 4.78 is 5.62. The zero-order valence-corrected chi connectivity index (χ0v) is 13.9. The fraction of sp³-hybridized carbons (Fsp3) is 0.350. The van der Waals surface area contributed by atoms with Crippen LogP contribution in [0.3, 0.4) is 0 Å². The first-order valence-corrected chi connectivity index (χ1v) is 8.57. The Hall–Kier alpha value is -2.33. The van der Waals surface area contributed by atoms with Gasteiger partial charge in [0.1, 0.15) is 6.61 Å². The molecule has 1 atom stereocenters. The zero-order chi connectivity index (χ0) is 16.5. The predicted octanol–water partition coefficient (Wildman–Crippen LogP) is 3.19. The Balaban J connectivity index is 1.50. The van der Waals surface area contributed by atoms with Crippen molar-refractivity contribution < 1.29 is 9.53 Å². The Morgan fingerprint density at radius 2 is 2.04 bits per heavy atom. The molecule has 0 bridgehead atoms. The van der Waals surface area contributed by atoms with Crippen molar-refractivity contribution in [1.82, 2.24) is 10.2 Å². The molecule has 24 heavy (non-hydrogen) atoms. The van der Waals surface area contributed by atoms with Gasteiger partial charge in [-0.05, 0) is 41.2 Å². The number of piperazine rings is 1. The van der Waals surface area contributed by atoms with E-state index in [0.29, 0.717) is 13.2 Å². The number of amides is 1. The minimum Gasteiger partial charge on any atom is -0.445 e. The van der Waals surface area contributed by atoms with Crippen LogP contribution in [0.2, 0.25) is 0 Å². The molecule has 4 heteroatoms. The molecular formula is C20H22N2O2. The van der Waals surface area contributed by atoms with Gasteiger partial charge < -0.3 is 15.0 Å². The first-order chi connectivity index (χ1) is 11.7. The van der Waals surface area contributed by atoms with Crippen molar-refractivity contribution in [2.24, 2.45) is 0 Å². The number of carbonyl (C=O) groups is 1. The normalized spacial score (nSPS) is 18.9. The van der Waals surface area contributed by atoms with E-state index in [4.69, 9.17) is 4.74 Å². The SMILES string of the molecule is C[C@@H]1CNCCN1C(=O)OCc1cccc2c1Cc1ccccc1-2. The fourth-order valence-electron chi connectivity index (χ4n) is 3.69. The van der Waals surface area contributed by atoms with Gasteiger partial charge in [-0.1, -0.05) is 42.5 Å². The van der Waals surface area contributed by atoms with Gasteiger partial charge in [0.05, 0.1) is 0 Å². The van der Waals surface area contributed by atoms with E-state index in [-0.39, 0.29) is 12.1 Å². The van der Waals surface area contributed by atoms with Gasteiger partial charge in [0.15, 0.2) is 0 Å². The molecular weight excluding hydrogens is 300 g/mol. The Morgan fingerprint density at radius 1 is 1.21 bits per heavy atom. The van der Waals surface area contributed by atoms with Crippen molar-refractivity contribution in [1.29, 1.82) is 0 Å². The number of nitrogens with one attached hydrogen (secondary N) is 1. The number of hydrogen-bond acceptors (Lipinski definition) is 3. The van der Waals surface area contributed by atoms with E-state index >= 15 is 0 Å². The standard InChI is InChI=1S/C20H22N2O2/c1-14-12-21-9-10-22(14)20(23)24-13-16-6-4-8-18-17-7-3-2-5-15(17)11-19(16)18/h2-8,14,21H,9-13H2,1H3/t14-/m1/s1. The lowest BCUT2D eigenvalue weighted by molar-refractivity contribution is 0.0758. The second kappa shape index (κ2) is 6.29. The monoisotopic (exact) mass is 322 g/mol. The number of nitrogens with zero attached hydrogens (tertiary/aromatic N) is 1. The second-order valence-corrected chi connectivity index (χ2v) is 6.58. The van der Waals surface area contributed by atoms with E-state index in [1.165, 1.54) is 22.3 Å². The number of fused-ring (bicyclic) bond motifs is 3. The predicted molar refractivity (Wildman–Crippen MR) is 93.9 cm³/mol. The van der Waals surface area contributed by atoms with Gasteiger partial charge in [-0.15, -0.1) is 0 Å². The number of carbonyl (C=O) groups excluding carboxylic acids is 1. The number of ether oxygens (including phenoxy) is 1. The summed E-state index contributed by atoms with van der Waals surface area (Å²) in [5.74, 6) is 0. The summed E-state index contributed by atoms with van der Waals surface area (Å²) >= 11 is 0. The molecule has 1 aliphatic heterocycles. The highest BCUT2D eigenvalue weighted by Crippen LogP contribution is 2.38. The van der Waals surface area contributed by atoms with E-state index < -0.39 is 0 Å². The lowest BCUT2D eigenvalue weighted by atomic mass is 10.0. The summed E-state index contributed by atoms with van der Waals surface area (Å²) in [5, 5.41) is 3.29. The third-order valence-corrected chi connectivity index (χ3v) is 5.03. The van der Waals surface area contributed by atoms with Crippen molar-refractivity contribution in [3.8, 4) is 11.1 Å². The highest BCUT2D eigenvalue weighted by molar-refractivity contribution is 5.78. The Kier molecular flexibility index (Phi) is 3.98. The molecule has 1 amide bonds. The summed E-state index contributed by atoms with van der Waals surface area (Å²) in [6.07, 6.45) is 0.709. The maximum absolute atomic E-state index is 12.4. The highest BCUT2D eigenvalue weighted by Gasteiger charge is 2.25. The molecule has 0 spiro atoms. The minimum absolute atomic E-state index is 0.178. The van der Waals surface area contributed by atoms with Gasteiger partial charge in [-0.2, -0.15) is 0 Å². The lowest BCUT2D eigenvalue weighted by Gasteiger charge is -2.33. The van der Waals surface area contributed by atoms with E-state index in [0.717, 1.165) is 25.1 Å².